The Bertz CT molecular complexity index is 776. The van der Waals surface area contributed by atoms with Gasteiger partial charge in [-0.25, -0.2) is 9.97 Å². The first-order valence-corrected chi connectivity index (χ1v) is 6.96. The maximum Gasteiger partial charge on any atom is 0.275 e. The quantitative estimate of drug-likeness (QED) is 0.686. The predicted molar refractivity (Wildman–Crippen MR) is 78.8 cm³/mol. The number of rotatable bonds is 3. The number of aryl methyl sites for hydroxylation is 1. The van der Waals surface area contributed by atoms with Crippen LogP contribution in [0.4, 0.5) is 5.69 Å². The van der Waals surface area contributed by atoms with Crippen LogP contribution >= 0.6 is 11.3 Å². The van der Waals surface area contributed by atoms with Gasteiger partial charge in [-0.15, -0.1) is 11.3 Å². The van der Waals surface area contributed by atoms with E-state index < -0.39 is 0 Å². The third-order valence-electron chi connectivity index (χ3n) is 2.82. The van der Waals surface area contributed by atoms with Crippen molar-refractivity contribution >= 4 is 34.0 Å². The molecule has 0 saturated heterocycles. The molecule has 2 heterocycles. The van der Waals surface area contributed by atoms with Crippen molar-refractivity contribution < 1.29 is 4.79 Å². The van der Waals surface area contributed by atoms with Gasteiger partial charge in [-0.1, -0.05) is 0 Å². The minimum Gasteiger partial charge on any atom is -0.342 e. The second kappa shape index (κ2) is 5.03. The zero-order chi connectivity index (χ0) is 14.1. The van der Waals surface area contributed by atoms with E-state index in [1.54, 1.807) is 5.38 Å². The third kappa shape index (κ3) is 2.40. The van der Waals surface area contributed by atoms with Crippen LogP contribution in [0.5, 0.6) is 0 Å². The number of H-pyrrole nitrogens is 1. The number of aromatic nitrogens is 3. The molecule has 0 bridgehead atoms. The molecule has 3 aromatic rings. The summed E-state index contributed by atoms with van der Waals surface area (Å²) in [5, 5.41) is 5.26. The molecule has 3 rings (SSSR count). The Balaban J connectivity index is 1.82. The van der Waals surface area contributed by atoms with Crippen LogP contribution in [-0.4, -0.2) is 20.9 Å². The average molecular weight is 287 g/mol. The molecule has 0 spiro atoms. The Morgan fingerprint density at radius 1 is 1.45 bits per heavy atom. The third-order valence-corrected chi connectivity index (χ3v) is 3.69. The van der Waals surface area contributed by atoms with Gasteiger partial charge in [0.15, 0.2) is 0 Å². The number of hydrogen-bond acceptors (Lipinski definition) is 5. The minimum absolute atomic E-state index is 0.239. The number of carbonyl (C=O) groups excluding carboxylic acids is 1. The first kappa shape index (κ1) is 12.8. The van der Waals surface area contributed by atoms with Crippen LogP contribution in [0, 0.1) is 6.92 Å². The molecular weight excluding hydrogens is 274 g/mol. The number of hydrogen-bond donors (Lipinski definition) is 3. The molecule has 20 heavy (non-hydrogen) atoms. The largest absolute Gasteiger partial charge is 0.342 e. The summed E-state index contributed by atoms with van der Waals surface area (Å²) in [6.45, 7) is 2.24. The maximum atomic E-state index is 12.1. The molecule has 102 valence electrons. The van der Waals surface area contributed by atoms with Gasteiger partial charge in [0.2, 0.25) is 0 Å². The Labute approximate surface area is 119 Å². The van der Waals surface area contributed by atoms with Crippen LogP contribution < -0.4 is 11.1 Å². The lowest BCUT2D eigenvalue weighted by Crippen LogP contribution is -2.12. The number of nitrogens with zero attached hydrogens (tertiary/aromatic N) is 2. The molecule has 0 radical (unpaired) electrons. The number of thiazole rings is 1. The summed E-state index contributed by atoms with van der Waals surface area (Å²) >= 11 is 1.38. The number of amides is 1. The highest BCUT2D eigenvalue weighted by molar-refractivity contribution is 7.09. The molecule has 6 nitrogen and oxygen atoms in total. The molecule has 1 amide bonds. The summed E-state index contributed by atoms with van der Waals surface area (Å²) in [6.07, 6.45) is 0. The Morgan fingerprint density at radius 2 is 2.30 bits per heavy atom. The normalized spacial score (nSPS) is 10.9. The van der Waals surface area contributed by atoms with E-state index in [1.807, 2.05) is 25.1 Å². The Kier molecular flexibility index (Phi) is 3.21. The van der Waals surface area contributed by atoms with Crippen molar-refractivity contribution in [3.8, 4) is 0 Å². The lowest BCUT2D eigenvalue weighted by atomic mass is 10.2. The van der Waals surface area contributed by atoms with Crippen LogP contribution in [0.2, 0.25) is 0 Å². The van der Waals surface area contributed by atoms with E-state index in [2.05, 4.69) is 20.3 Å². The van der Waals surface area contributed by atoms with Gasteiger partial charge >= 0.3 is 0 Å². The monoisotopic (exact) mass is 287 g/mol. The number of imidazole rings is 1. The van der Waals surface area contributed by atoms with E-state index in [0.29, 0.717) is 17.9 Å². The molecule has 0 aliphatic carbocycles. The van der Waals surface area contributed by atoms with E-state index in [4.69, 9.17) is 5.73 Å². The van der Waals surface area contributed by atoms with Crippen molar-refractivity contribution in [2.45, 2.75) is 13.5 Å². The van der Waals surface area contributed by atoms with Crippen LogP contribution in [0.25, 0.3) is 11.0 Å². The lowest BCUT2D eigenvalue weighted by Gasteiger charge is -2.02. The number of anilines is 1. The number of fused-ring (bicyclic) bond motifs is 1. The summed E-state index contributed by atoms with van der Waals surface area (Å²) in [5.74, 6) is 0.604. The van der Waals surface area contributed by atoms with Crippen LogP contribution in [-0.2, 0) is 6.54 Å². The standard InChI is InChI=1S/C13H13N5OS/c1-7-15-9-3-2-8(4-10(9)16-7)17-13(19)11-6-20-12(5-14)18-11/h2-4,6H,5,14H2,1H3,(H,15,16)(H,17,19). The molecule has 0 fully saturated rings. The smallest absolute Gasteiger partial charge is 0.275 e. The fourth-order valence-electron chi connectivity index (χ4n) is 1.92. The van der Waals surface area contributed by atoms with Crippen LogP contribution in [0.3, 0.4) is 0 Å². The van der Waals surface area contributed by atoms with Gasteiger partial charge in [0.05, 0.1) is 11.0 Å². The number of nitrogens with two attached hydrogens (primary N) is 1. The molecule has 0 saturated carbocycles. The van der Waals surface area contributed by atoms with Crippen molar-refractivity contribution in [2.75, 3.05) is 5.32 Å². The van der Waals surface area contributed by atoms with E-state index in [0.717, 1.165) is 21.9 Å². The summed E-state index contributed by atoms with van der Waals surface area (Å²) in [5.41, 5.74) is 8.34. The minimum atomic E-state index is -0.239. The first-order valence-electron chi connectivity index (χ1n) is 6.08. The number of benzene rings is 1. The zero-order valence-corrected chi connectivity index (χ0v) is 11.6. The van der Waals surface area contributed by atoms with E-state index in [-0.39, 0.29) is 5.91 Å². The second-order valence-corrected chi connectivity index (χ2v) is 5.28. The maximum absolute atomic E-state index is 12.1. The van der Waals surface area contributed by atoms with Gasteiger partial charge in [0, 0.05) is 17.6 Å². The topological polar surface area (TPSA) is 96.7 Å². The van der Waals surface area contributed by atoms with Crippen molar-refractivity contribution in [2.24, 2.45) is 5.73 Å². The van der Waals surface area contributed by atoms with Crippen molar-refractivity contribution in [1.82, 2.24) is 15.0 Å². The summed E-state index contributed by atoms with van der Waals surface area (Å²) in [7, 11) is 0. The number of aromatic amines is 1. The second-order valence-electron chi connectivity index (χ2n) is 4.34. The van der Waals surface area contributed by atoms with Gasteiger partial charge in [-0.3, -0.25) is 4.79 Å². The molecule has 7 heteroatoms. The van der Waals surface area contributed by atoms with Crippen molar-refractivity contribution in [3.63, 3.8) is 0 Å². The Morgan fingerprint density at radius 3 is 3.05 bits per heavy atom. The average Bonchev–Trinajstić information content (AvgIpc) is 3.03. The number of carbonyl (C=O) groups is 1. The fourth-order valence-corrected chi connectivity index (χ4v) is 2.57. The highest BCUT2D eigenvalue weighted by Gasteiger charge is 2.11. The highest BCUT2D eigenvalue weighted by atomic mass is 32.1. The molecule has 2 aromatic heterocycles. The van der Waals surface area contributed by atoms with E-state index >= 15 is 0 Å². The van der Waals surface area contributed by atoms with E-state index in [9.17, 15) is 4.79 Å². The van der Waals surface area contributed by atoms with Gasteiger partial charge in [0.25, 0.3) is 5.91 Å². The van der Waals surface area contributed by atoms with Gasteiger partial charge in [-0.2, -0.15) is 0 Å². The van der Waals surface area contributed by atoms with Crippen molar-refractivity contribution in [1.29, 1.82) is 0 Å². The fraction of sp³-hybridized carbons (Fsp3) is 0.154. The highest BCUT2D eigenvalue weighted by Crippen LogP contribution is 2.18. The SMILES string of the molecule is Cc1nc2ccc(NC(=O)c3csc(CN)n3)cc2[nH]1. The molecule has 1 aromatic carbocycles. The van der Waals surface area contributed by atoms with Crippen LogP contribution in [0.1, 0.15) is 21.3 Å². The van der Waals surface area contributed by atoms with E-state index in [1.165, 1.54) is 11.3 Å². The van der Waals surface area contributed by atoms with Gasteiger partial charge < -0.3 is 16.0 Å². The molecule has 0 aliphatic heterocycles. The lowest BCUT2D eigenvalue weighted by molar-refractivity contribution is 0.102. The molecule has 0 atom stereocenters. The van der Waals surface area contributed by atoms with Crippen LogP contribution in [0.15, 0.2) is 23.6 Å². The summed E-state index contributed by atoms with van der Waals surface area (Å²) in [6, 6.07) is 5.53. The summed E-state index contributed by atoms with van der Waals surface area (Å²) in [4.78, 5) is 23.6. The molecule has 0 aliphatic rings. The first-order chi connectivity index (χ1) is 9.65. The van der Waals surface area contributed by atoms with Gasteiger partial charge in [-0.05, 0) is 25.1 Å². The van der Waals surface area contributed by atoms with Gasteiger partial charge in [0.1, 0.15) is 16.5 Å². The number of nitrogens with one attached hydrogen (secondary N) is 2. The molecule has 0 unspecified atom stereocenters. The summed E-state index contributed by atoms with van der Waals surface area (Å²) < 4.78 is 0. The Hall–Kier alpha value is -2.25. The molecule has 4 N–H and O–H groups in total. The predicted octanol–water partition coefficient (Wildman–Crippen LogP) is 2.04. The zero-order valence-electron chi connectivity index (χ0n) is 10.8. The van der Waals surface area contributed by atoms with Crippen molar-refractivity contribution in [3.05, 3.63) is 40.1 Å². The molecular formula is C13H13N5OS.